The monoisotopic (exact) mass is 331 g/mol. The molecule has 2 heterocycles. The van der Waals surface area contributed by atoms with Crippen LogP contribution in [0.5, 0.6) is 0 Å². The van der Waals surface area contributed by atoms with Crippen molar-refractivity contribution in [1.29, 1.82) is 0 Å². The number of carbonyl (C=O) groups is 1. The van der Waals surface area contributed by atoms with Crippen molar-refractivity contribution in [2.45, 2.75) is 25.3 Å². The summed E-state index contributed by atoms with van der Waals surface area (Å²) in [6.45, 7) is 5.72. The third kappa shape index (κ3) is 4.79. The third-order valence-electron chi connectivity index (χ3n) is 5.09. The summed E-state index contributed by atoms with van der Waals surface area (Å²) in [5, 5.41) is 0. The summed E-state index contributed by atoms with van der Waals surface area (Å²) >= 11 is 0. The molecule has 5 heteroatoms. The van der Waals surface area contributed by atoms with Crippen molar-refractivity contribution >= 4 is 5.91 Å². The van der Waals surface area contributed by atoms with Gasteiger partial charge in [-0.25, -0.2) is 0 Å². The molecular formula is C19H29N3O2. The Morgan fingerprint density at radius 3 is 2.46 bits per heavy atom. The number of hydrogen-bond acceptors (Lipinski definition) is 4. The number of nitrogens with zero attached hydrogens (tertiary/aromatic N) is 2. The second-order valence-corrected chi connectivity index (χ2v) is 6.96. The van der Waals surface area contributed by atoms with Gasteiger partial charge in [-0.1, -0.05) is 30.3 Å². The van der Waals surface area contributed by atoms with Gasteiger partial charge in [0.2, 0.25) is 5.91 Å². The largest absolute Gasteiger partial charge is 0.378 e. The molecule has 2 aliphatic rings. The summed E-state index contributed by atoms with van der Waals surface area (Å²) in [5.41, 5.74) is 7.61. The Hall–Kier alpha value is -1.43. The van der Waals surface area contributed by atoms with E-state index in [1.807, 2.05) is 11.0 Å². The zero-order valence-corrected chi connectivity index (χ0v) is 14.4. The molecule has 1 aromatic carbocycles. The van der Waals surface area contributed by atoms with Crippen molar-refractivity contribution < 1.29 is 9.53 Å². The van der Waals surface area contributed by atoms with Crippen LogP contribution in [0.2, 0.25) is 0 Å². The molecule has 2 saturated heterocycles. The number of amides is 1. The molecule has 1 atom stereocenters. The first-order chi connectivity index (χ1) is 11.7. The molecular weight excluding hydrogens is 302 g/mol. The van der Waals surface area contributed by atoms with E-state index in [0.717, 1.165) is 52.0 Å². The van der Waals surface area contributed by atoms with Gasteiger partial charge in [-0.15, -0.1) is 0 Å². The van der Waals surface area contributed by atoms with E-state index in [1.54, 1.807) is 0 Å². The minimum absolute atomic E-state index is 0.152. The summed E-state index contributed by atoms with van der Waals surface area (Å²) in [6, 6.07) is 10.6. The van der Waals surface area contributed by atoms with Crippen molar-refractivity contribution in [1.82, 2.24) is 9.80 Å². The lowest BCUT2D eigenvalue weighted by Crippen LogP contribution is -2.48. The van der Waals surface area contributed by atoms with Gasteiger partial charge >= 0.3 is 0 Å². The lowest BCUT2D eigenvalue weighted by molar-refractivity contribution is -0.141. The van der Waals surface area contributed by atoms with Crippen LogP contribution >= 0.6 is 0 Å². The van der Waals surface area contributed by atoms with Crippen molar-refractivity contribution in [3.05, 3.63) is 35.9 Å². The van der Waals surface area contributed by atoms with Gasteiger partial charge in [0.05, 0.1) is 13.2 Å². The highest BCUT2D eigenvalue weighted by Crippen LogP contribution is 2.20. The highest BCUT2D eigenvalue weighted by atomic mass is 16.5. The van der Waals surface area contributed by atoms with E-state index in [4.69, 9.17) is 10.5 Å². The fourth-order valence-electron chi connectivity index (χ4n) is 3.72. The molecule has 0 saturated carbocycles. The predicted molar refractivity (Wildman–Crippen MR) is 94.7 cm³/mol. The standard InChI is InChI=1S/C19H29N3O2/c20-18(14-16-4-2-1-3-5-16)15-21-8-6-17(7-9-21)19(23)22-10-12-24-13-11-22/h1-5,17-18H,6-15,20H2/t18-/m1/s1. The minimum atomic E-state index is 0.152. The molecule has 2 N–H and O–H groups in total. The van der Waals surface area contributed by atoms with Crippen molar-refractivity contribution in [2.24, 2.45) is 11.7 Å². The number of carbonyl (C=O) groups excluding carboxylic acids is 1. The Bertz CT molecular complexity index is 509. The molecule has 2 aliphatic heterocycles. The predicted octanol–water partition coefficient (Wildman–Crippen LogP) is 1.13. The summed E-state index contributed by atoms with van der Waals surface area (Å²) in [6.07, 6.45) is 2.82. The van der Waals surface area contributed by atoms with Crippen molar-refractivity contribution in [2.75, 3.05) is 45.9 Å². The van der Waals surface area contributed by atoms with Crippen LogP contribution in [0.25, 0.3) is 0 Å². The number of hydrogen-bond donors (Lipinski definition) is 1. The summed E-state index contributed by atoms with van der Waals surface area (Å²) in [7, 11) is 0. The highest BCUT2D eigenvalue weighted by Gasteiger charge is 2.29. The van der Waals surface area contributed by atoms with Crippen LogP contribution in [0.15, 0.2) is 30.3 Å². The molecule has 0 aliphatic carbocycles. The minimum Gasteiger partial charge on any atom is -0.378 e. The molecule has 0 radical (unpaired) electrons. The van der Waals surface area contributed by atoms with Crippen LogP contribution in [0.1, 0.15) is 18.4 Å². The topological polar surface area (TPSA) is 58.8 Å². The lowest BCUT2D eigenvalue weighted by atomic mass is 9.94. The second-order valence-electron chi connectivity index (χ2n) is 6.96. The number of likely N-dealkylation sites (tertiary alicyclic amines) is 1. The summed E-state index contributed by atoms with van der Waals surface area (Å²) in [5.74, 6) is 0.510. The molecule has 5 nitrogen and oxygen atoms in total. The maximum Gasteiger partial charge on any atom is 0.225 e. The molecule has 3 rings (SSSR count). The maximum atomic E-state index is 12.6. The van der Waals surface area contributed by atoms with E-state index in [2.05, 4.69) is 29.2 Å². The normalized spacial score (nSPS) is 21.6. The van der Waals surface area contributed by atoms with Crippen LogP contribution in [-0.2, 0) is 16.0 Å². The quantitative estimate of drug-likeness (QED) is 0.879. The average molecular weight is 331 g/mol. The summed E-state index contributed by atoms with van der Waals surface area (Å²) in [4.78, 5) is 16.9. The third-order valence-corrected chi connectivity index (χ3v) is 5.09. The zero-order chi connectivity index (χ0) is 16.8. The molecule has 2 fully saturated rings. The lowest BCUT2D eigenvalue weighted by Gasteiger charge is -2.36. The van der Waals surface area contributed by atoms with Gasteiger partial charge in [0.1, 0.15) is 0 Å². The number of nitrogens with two attached hydrogens (primary N) is 1. The first kappa shape index (κ1) is 17.4. The molecule has 1 aromatic rings. The fourth-order valence-corrected chi connectivity index (χ4v) is 3.72. The van der Waals surface area contributed by atoms with Gasteiger partial charge in [0, 0.05) is 31.6 Å². The van der Waals surface area contributed by atoms with Gasteiger partial charge < -0.3 is 20.3 Å². The van der Waals surface area contributed by atoms with Gasteiger partial charge in [-0.05, 0) is 37.9 Å². The smallest absolute Gasteiger partial charge is 0.225 e. The van der Waals surface area contributed by atoms with Crippen LogP contribution in [-0.4, -0.2) is 67.7 Å². The van der Waals surface area contributed by atoms with Gasteiger partial charge in [-0.3, -0.25) is 4.79 Å². The fraction of sp³-hybridized carbons (Fsp3) is 0.632. The number of piperidine rings is 1. The maximum absolute atomic E-state index is 12.6. The van der Waals surface area contributed by atoms with Gasteiger partial charge in [0.25, 0.3) is 0 Å². The number of benzene rings is 1. The van der Waals surface area contributed by atoms with Crippen LogP contribution in [0.3, 0.4) is 0 Å². The Balaban J connectivity index is 1.40. The van der Waals surface area contributed by atoms with Crippen LogP contribution in [0, 0.1) is 5.92 Å². The zero-order valence-electron chi connectivity index (χ0n) is 14.4. The van der Waals surface area contributed by atoms with Crippen LogP contribution in [0.4, 0.5) is 0 Å². The van der Waals surface area contributed by atoms with E-state index in [-0.39, 0.29) is 12.0 Å². The van der Waals surface area contributed by atoms with E-state index in [1.165, 1.54) is 5.56 Å². The Kier molecular flexibility index (Phi) is 6.24. The van der Waals surface area contributed by atoms with Crippen molar-refractivity contribution in [3.8, 4) is 0 Å². The Morgan fingerprint density at radius 2 is 1.79 bits per heavy atom. The second kappa shape index (κ2) is 8.60. The van der Waals surface area contributed by atoms with Gasteiger partial charge in [0.15, 0.2) is 0 Å². The van der Waals surface area contributed by atoms with Gasteiger partial charge in [-0.2, -0.15) is 0 Å². The molecule has 0 spiro atoms. The Morgan fingerprint density at radius 1 is 1.12 bits per heavy atom. The molecule has 0 unspecified atom stereocenters. The molecule has 0 aromatic heterocycles. The van der Waals surface area contributed by atoms with E-state index < -0.39 is 0 Å². The first-order valence-corrected chi connectivity index (χ1v) is 9.11. The number of ether oxygens (including phenoxy) is 1. The van der Waals surface area contributed by atoms with Crippen molar-refractivity contribution in [3.63, 3.8) is 0 Å². The average Bonchev–Trinajstić information content (AvgIpc) is 2.63. The molecule has 1 amide bonds. The summed E-state index contributed by atoms with van der Waals surface area (Å²) < 4.78 is 5.33. The number of rotatable bonds is 5. The number of morpholine rings is 1. The first-order valence-electron chi connectivity index (χ1n) is 9.11. The molecule has 24 heavy (non-hydrogen) atoms. The highest BCUT2D eigenvalue weighted by molar-refractivity contribution is 5.79. The van der Waals surface area contributed by atoms with Crippen LogP contribution < -0.4 is 5.73 Å². The van der Waals surface area contributed by atoms with E-state index in [0.29, 0.717) is 19.1 Å². The van der Waals surface area contributed by atoms with E-state index >= 15 is 0 Å². The SMILES string of the molecule is N[C@H](Cc1ccccc1)CN1CCC(C(=O)N2CCOCC2)CC1. The molecule has 132 valence electrons. The van der Waals surface area contributed by atoms with E-state index in [9.17, 15) is 4.79 Å². The Labute approximate surface area is 144 Å². The molecule has 0 bridgehead atoms.